The van der Waals surface area contributed by atoms with E-state index in [1.165, 1.54) is 12.1 Å². The first-order chi connectivity index (χ1) is 7.70. The lowest BCUT2D eigenvalue weighted by molar-refractivity contribution is 0.0708. The molecule has 0 N–H and O–H groups in total. The van der Waals surface area contributed by atoms with Crippen molar-refractivity contribution in [3.8, 4) is 0 Å². The van der Waals surface area contributed by atoms with Gasteiger partial charge in [-0.3, -0.25) is 0 Å². The van der Waals surface area contributed by atoms with Crippen molar-refractivity contribution >= 4 is 12.0 Å². The van der Waals surface area contributed by atoms with Crippen LogP contribution in [0.4, 0.5) is 4.79 Å². The van der Waals surface area contributed by atoms with Crippen molar-refractivity contribution in [2.75, 3.05) is 7.11 Å². The van der Waals surface area contributed by atoms with Crippen LogP contribution in [0.1, 0.15) is 10.4 Å². The minimum atomic E-state index is -1.04. The Morgan fingerprint density at radius 2 is 2.00 bits per heavy atom. The molecule has 0 heterocycles. The van der Waals surface area contributed by atoms with Gasteiger partial charge in [0.25, 0.3) is 0 Å². The molecule has 7 heteroatoms. The van der Waals surface area contributed by atoms with Crippen molar-refractivity contribution in [1.82, 2.24) is 5.01 Å². The van der Waals surface area contributed by atoms with Crippen LogP contribution >= 0.6 is 0 Å². The lowest BCUT2D eigenvalue weighted by Crippen LogP contribution is -2.31. The van der Waals surface area contributed by atoms with Gasteiger partial charge < -0.3 is 4.74 Å². The summed E-state index contributed by atoms with van der Waals surface area (Å²) in [5.74, 6) is -0.745. The molecule has 0 aromatic heterocycles. The van der Waals surface area contributed by atoms with Gasteiger partial charge in [0.1, 0.15) is 0 Å². The van der Waals surface area contributed by atoms with E-state index < -0.39 is 12.0 Å². The first-order valence-corrected chi connectivity index (χ1v) is 4.23. The van der Waals surface area contributed by atoms with Crippen LogP contribution in [0, 0.1) is 0 Å². The largest absolute Gasteiger partial charge is 0.518 e. The van der Waals surface area contributed by atoms with Gasteiger partial charge in [0, 0.05) is 5.22 Å². The van der Waals surface area contributed by atoms with E-state index in [1.54, 1.807) is 18.2 Å². The summed E-state index contributed by atoms with van der Waals surface area (Å²) >= 11 is 0. The van der Waals surface area contributed by atoms with E-state index in [-0.39, 0.29) is 5.56 Å². The fourth-order valence-corrected chi connectivity index (χ4v) is 0.990. The fraction of sp³-hybridized carbons (Fsp3) is 0.111. The molecule has 0 bridgehead atoms. The zero-order valence-corrected chi connectivity index (χ0v) is 8.40. The van der Waals surface area contributed by atoms with Gasteiger partial charge in [0.05, 0.1) is 12.7 Å². The van der Waals surface area contributed by atoms with Gasteiger partial charge in [0.15, 0.2) is 0 Å². The third-order valence-electron chi connectivity index (χ3n) is 1.69. The number of ether oxygens (including phenoxy) is 1. The molecule has 1 aromatic carbocycles. The highest BCUT2D eigenvalue weighted by molar-refractivity contribution is 6.02. The van der Waals surface area contributed by atoms with Gasteiger partial charge in [0.2, 0.25) is 0 Å². The van der Waals surface area contributed by atoms with E-state index in [0.717, 1.165) is 7.11 Å². The second-order valence-electron chi connectivity index (χ2n) is 2.63. The number of imide groups is 1. The number of rotatable bonds is 2. The minimum absolute atomic E-state index is 0.223. The molecule has 7 nitrogen and oxygen atoms in total. The average Bonchev–Trinajstić information content (AvgIpc) is 2.35. The van der Waals surface area contributed by atoms with Crippen molar-refractivity contribution in [1.29, 1.82) is 0 Å². The van der Waals surface area contributed by atoms with Gasteiger partial charge in [-0.05, 0) is 12.1 Å². The van der Waals surface area contributed by atoms with Crippen LogP contribution in [-0.2, 0) is 4.74 Å². The number of hydrogen-bond donors (Lipinski definition) is 0. The molecule has 1 rings (SSSR count). The summed E-state index contributed by atoms with van der Waals surface area (Å²) in [6.45, 7) is 0. The summed E-state index contributed by atoms with van der Waals surface area (Å²) in [6.07, 6.45) is -1.04. The topological polar surface area (TPSA) is 95.4 Å². The lowest BCUT2D eigenvalue weighted by atomic mass is 10.2. The number of nitrogens with zero attached hydrogens (tertiary/aromatic N) is 4. The van der Waals surface area contributed by atoms with Gasteiger partial charge in [-0.2, -0.15) is 9.71 Å². The molecule has 16 heavy (non-hydrogen) atoms. The molecule has 0 saturated carbocycles. The van der Waals surface area contributed by atoms with Crippen LogP contribution in [0.3, 0.4) is 0 Å². The average molecular weight is 220 g/mol. The summed E-state index contributed by atoms with van der Waals surface area (Å²) in [5.41, 5.74) is 8.46. The highest BCUT2D eigenvalue weighted by Gasteiger charge is 2.28. The molecular weight excluding hydrogens is 212 g/mol. The van der Waals surface area contributed by atoms with Crippen LogP contribution in [0.2, 0.25) is 0 Å². The number of methoxy groups -OCH3 is 1. The summed E-state index contributed by atoms with van der Waals surface area (Å²) in [7, 11) is 1.08. The first kappa shape index (κ1) is 11.5. The smallest absolute Gasteiger partial charge is 0.434 e. The minimum Gasteiger partial charge on any atom is -0.434 e. The van der Waals surface area contributed by atoms with Crippen LogP contribution < -0.4 is 0 Å². The van der Waals surface area contributed by atoms with E-state index >= 15 is 0 Å². The lowest BCUT2D eigenvalue weighted by Gasteiger charge is -2.06. The molecular formula is C9H8N4O3. The Hall–Kier alpha value is -2.53. The SMILES string of the molecule is COC(=O)N(N=[N+]=[N-])C(=O)c1ccccc1. The molecule has 0 spiro atoms. The van der Waals surface area contributed by atoms with Gasteiger partial charge in [-0.15, -0.1) is 5.53 Å². The Kier molecular flexibility index (Phi) is 3.88. The standard InChI is InChI=1S/C9H8N4O3/c1-16-9(15)13(12-11-10)8(14)7-5-3-2-4-6-7/h2-6H,1H3. The normalized spacial score (nSPS) is 8.81. The number of carbonyl (C=O) groups is 2. The third kappa shape index (κ3) is 2.49. The monoisotopic (exact) mass is 220 g/mol. The number of azide groups is 1. The van der Waals surface area contributed by atoms with E-state index in [2.05, 4.69) is 14.9 Å². The summed E-state index contributed by atoms with van der Waals surface area (Å²) in [6, 6.07) is 7.95. The molecule has 0 saturated heterocycles. The van der Waals surface area contributed by atoms with Gasteiger partial charge >= 0.3 is 12.0 Å². The molecule has 0 atom stereocenters. The first-order valence-electron chi connectivity index (χ1n) is 4.23. The van der Waals surface area contributed by atoms with Gasteiger partial charge in [-0.25, -0.2) is 4.79 Å². The molecule has 0 aliphatic carbocycles. The Balaban J connectivity index is 3.01. The van der Waals surface area contributed by atoms with E-state index in [1.807, 2.05) is 0 Å². The van der Waals surface area contributed by atoms with Gasteiger partial charge in [-0.1, -0.05) is 23.2 Å². The quantitative estimate of drug-likeness (QED) is 0.330. The maximum Gasteiger partial charge on any atom is 0.518 e. The molecule has 0 radical (unpaired) electrons. The van der Waals surface area contributed by atoms with Crippen molar-refractivity contribution in [2.45, 2.75) is 0 Å². The van der Waals surface area contributed by atoms with Crippen molar-refractivity contribution < 1.29 is 14.3 Å². The molecule has 0 unspecified atom stereocenters. The highest BCUT2D eigenvalue weighted by Crippen LogP contribution is 2.06. The predicted molar refractivity (Wildman–Crippen MR) is 54.2 cm³/mol. The second kappa shape index (κ2) is 5.38. The zero-order chi connectivity index (χ0) is 12.0. The van der Waals surface area contributed by atoms with E-state index in [9.17, 15) is 9.59 Å². The number of hydrogen-bond acceptors (Lipinski definition) is 4. The number of carbonyl (C=O) groups excluding carboxylic acids is 2. The molecule has 0 aliphatic heterocycles. The Labute approximate surface area is 90.8 Å². The number of amides is 2. The van der Waals surface area contributed by atoms with E-state index in [0.29, 0.717) is 5.01 Å². The molecule has 0 aliphatic rings. The maximum atomic E-state index is 11.7. The summed E-state index contributed by atoms with van der Waals surface area (Å²) in [5, 5.41) is 3.28. The third-order valence-corrected chi connectivity index (χ3v) is 1.69. The predicted octanol–water partition coefficient (Wildman–Crippen LogP) is 2.12. The zero-order valence-electron chi connectivity index (χ0n) is 8.40. The second-order valence-corrected chi connectivity index (χ2v) is 2.63. The Bertz CT molecular complexity index is 439. The Morgan fingerprint density at radius 3 is 2.50 bits per heavy atom. The van der Waals surface area contributed by atoms with Crippen molar-refractivity contribution in [3.63, 3.8) is 0 Å². The summed E-state index contributed by atoms with van der Waals surface area (Å²) in [4.78, 5) is 25.2. The summed E-state index contributed by atoms with van der Waals surface area (Å²) < 4.78 is 4.31. The maximum absolute atomic E-state index is 11.7. The van der Waals surface area contributed by atoms with Crippen LogP contribution in [-0.4, -0.2) is 24.1 Å². The highest BCUT2D eigenvalue weighted by atomic mass is 16.5. The molecule has 82 valence electrons. The van der Waals surface area contributed by atoms with E-state index in [4.69, 9.17) is 5.53 Å². The number of benzene rings is 1. The molecule has 2 amide bonds. The molecule has 1 aromatic rings. The Morgan fingerprint density at radius 1 is 1.38 bits per heavy atom. The van der Waals surface area contributed by atoms with Crippen LogP contribution in [0.15, 0.2) is 35.6 Å². The van der Waals surface area contributed by atoms with Crippen LogP contribution in [0.25, 0.3) is 10.4 Å². The van der Waals surface area contributed by atoms with Crippen molar-refractivity contribution in [2.24, 2.45) is 5.22 Å². The van der Waals surface area contributed by atoms with Crippen molar-refractivity contribution in [3.05, 3.63) is 46.3 Å². The van der Waals surface area contributed by atoms with Crippen LogP contribution in [0.5, 0.6) is 0 Å². The molecule has 0 fully saturated rings. The fourth-order valence-electron chi connectivity index (χ4n) is 0.990.